The number of rotatable bonds is 3. The number of amides is 2. The summed E-state index contributed by atoms with van der Waals surface area (Å²) in [4.78, 5) is 29.2. The predicted molar refractivity (Wildman–Crippen MR) is 84.3 cm³/mol. The highest BCUT2D eigenvalue weighted by Gasteiger charge is 2.46. The van der Waals surface area contributed by atoms with Crippen LogP contribution in [-0.2, 0) is 9.59 Å². The van der Waals surface area contributed by atoms with Crippen LogP contribution in [0.4, 0.5) is 5.69 Å². The van der Waals surface area contributed by atoms with Crippen LogP contribution in [0.5, 0.6) is 0 Å². The summed E-state index contributed by atoms with van der Waals surface area (Å²) in [6, 6.07) is 6.71. The Labute approximate surface area is 135 Å². The summed E-state index contributed by atoms with van der Waals surface area (Å²) in [6.07, 6.45) is 0.308. The molecule has 0 aliphatic carbocycles. The largest absolute Gasteiger partial charge is 0.326 e. The Morgan fingerprint density at radius 1 is 1.23 bits per heavy atom. The summed E-state index contributed by atoms with van der Waals surface area (Å²) in [6.45, 7) is 7.36. The predicted octanol–water partition coefficient (Wildman–Crippen LogP) is -1.22. The molecule has 0 aromatic heterocycles. The molecule has 6 heteroatoms. The molecule has 2 N–H and O–H groups in total. The Morgan fingerprint density at radius 2 is 1.95 bits per heavy atom. The number of likely N-dealkylation sites (N-methyl/N-ethyl adjacent to an activating group) is 1. The van der Waals surface area contributed by atoms with Gasteiger partial charge in [-0.1, -0.05) is 17.7 Å². The van der Waals surface area contributed by atoms with Gasteiger partial charge in [0.1, 0.15) is 26.2 Å². The van der Waals surface area contributed by atoms with Crippen molar-refractivity contribution in [2.45, 2.75) is 19.4 Å². The molecule has 2 amide bonds. The third-order valence-electron chi connectivity index (χ3n) is 4.81. The molecule has 1 aromatic carbocycles. The van der Waals surface area contributed by atoms with E-state index >= 15 is 0 Å². The molecule has 3 rings (SSSR count). The minimum absolute atomic E-state index is 0.0813. The summed E-state index contributed by atoms with van der Waals surface area (Å²) in [7, 11) is 0. The van der Waals surface area contributed by atoms with E-state index in [9.17, 15) is 9.59 Å². The number of hydrogen-bond acceptors (Lipinski definition) is 2. The molecule has 0 bridgehead atoms. The summed E-state index contributed by atoms with van der Waals surface area (Å²) in [5.41, 5.74) is 0.585. The highest BCUT2D eigenvalue weighted by molar-refractivity contribution is 6.31. The first-order valence-electron chi connectivity index (χ1n) is 7.90. The van der Waals surface area contributed by atoms with Crippen molar-refractivity contribution >= 4 is 29.1 Å². The van der Waals surface area contributed by atoms with Gasteiger partial charge in [-0.2, -0.15) is 0 Å². The monoisotopic (exact) mass is 323 g/mol. The topological polar surface area (TPSA) is 46.3 Å². The van der Waals surface area contributed by atoms with Crippen molar-refractivity contribution in [1.82, 2.24) is 0 Å². The molecule has 2 aliphatic heterocycles. The number of hydrogen-bond donors (Lipinski definition) is 2. The van der Waals surface area contributed by atoms with Gasteiger partial charge in [-0.25, -0.2) is 4.90 Å². The lowest BCUT2D eigenvalue weighted by Crippen LogP contribution is -3.29. The number of anilines is 1. The third-order valence-corrected chi connectivity index (χ3v) is 5.04. The summed E-state index contributed by atoms with van der Waals surface area (Å²) in [5, 5.41) is 0.536. The number of nitrogens with one attached hydrogen (secondary N) is 2. The lowest BCUT2D eigenvalue weighted by atomic mass is 10.1. The van der Waals surface area contributed by atoms with Crippen molar-refractivity contribution in [2.75, 3.05) is 37.6 Å². The SMILES string of the molecule is CC[NH+]1CC[NH+]([C@@H]2CC(=O)N(c3cccc(Cl)c3)C2=O)CC1. The average molecular weight is 324 g/mol. The summed E-state index contributed by atoms with van der Waals surface area (Å²) in [5.74, 6) is -0.197. The van der Waals surface area contributed by atoms with E-state index in [2.05, 4.69) is 6.92 Å². The first-order valence-corrected chi connectivity index (χ1v) is 8.28. The molecule has 0 saturated carbocycles. The van der Waals surface area contributed by atoms with Crippen molar-refractivity contribution < 1.29 is 19.4 Å². The molecular formula is C16H22ClN3O2+2. The second kappa shape index (κ2) is 6.36. The standard InChI is InChI=1S/C16H20ClN3O2/c1-2-18-6-8-19(9-7-18)14-11-15(21)20(16(14)22)13-5-3-4-12(17)10-13/h3-5,10,14H,2,6-9,11H2,1H3/p+2/t14-/m1/s1. The van der Waals surface area contributed by atoms with E-state index in [1.54, 1.807) is 29.2 Å². The van der Waals surface area contributed by atoms with Crippen LogP contribution < -0.4 is 14.7 Å². The molecule has 5 nitrogen and oxygen atoms in total. The van der Waals surface area contributed by atoms with Crippen LogP contribution >= 0.6 is 11.6 Å². The zero-order valence-corrected chi connectivity index (χ0v) is 13.5. The molecule has 0 unspecified atom stereocenters. The van der Waals surface area contributed by atoms with Gasteiger partial charge < -0.3 is 9.80 Å². The highest BCUT2D eigenvalue weighted by Crippen LogP contribution is 2.24. The Kier molecular flexibility index (Phi) is 4.47. The van der Waals surface area contributed by atoms with E-state index < -0.39 is 0 Å². The minimum atomic E-state index is -0.232. The second-order valence-corrected chi connectivity index (χ2v) is 6.50. The van der Waals surface area contributed by atoms with Gasteiger partial charge in [-0.15, -0.1) is 0 Å². The van der Waals surface area contributed by atoms with Gasteiger partial charge in [0.2, 0.25) is 5.91 Å². The summed E-state index contributed by atoms with van der Waals surface area (Å²) >= 11 is 5.98. The molecule has 1 atom stereocenters. The molecule has 2 saturated heterocycles. The first-order chi connectivity index (χ1) is 10.6. The van der Waals surface area contributed by atoms with Gasteiger partial charge in [0.15, 0.2) is 6.04 Å². The lowest BCUT2D eigenvalue weighted by Gasteiger charge is -2.31. The average Bonchev–Trinajstić information content (AvgIpc) is 2.82. The molecule has 0 spiro atoms. The molecule has 1 aromatic rings. The first kappa shape index (κ1) is 15.5. The van der Waals surface area contributed by atoms with Crippen LogP contribution in [0.1, 0.15) is 13.3 Å². The maximum Gasteiger partial charge on any atom is 0.292 e. The van der Waals surface area contributed by atoms with E-state index in [1.165, 1.54) is 9.80 Å². The molecular weight excluding hydrogens is 302 g/mol. The number of carbonyl (C=O) groups is 2. The fraction of sp³-hybridized carbons (Fsp3) is 0.500. The fourth-order valence-corrected chi connectivity index (χ4v) is 3.65. The van der Waals surface area contributed by atoms with Crippen LogP contribution in [0.15, 0.2) is 24.3 Å². The Bertz CT molecular complexity index is 585. The fourth-order valence-electron chi connectivity index (χ4n) is 3.46. The third kappa shape index (κ3) is 2.89. The van der Waals surface area contributed by atoms with Crippen LogP contribution in [0.3, 0.4) is 0 Å². The van der Waals surface area contributed by atoms with Crippen molar-refractivity contribution in [3.63, 3.8) is 0 Å². The number of piperazine rings is 1. The van der Waals surface area contributed by atoms with E-state index in [4.69, 9.17) is 11.6 Å². The Morgan fingerprint density at radius 3 is 2.59 bits per heavy atom. The van der Waals surface area contributed by atoms with Crippen molar-refractivity contribution in [3.8, 4) is 0 Å². The van der Waals surface area contributed by atoms with Gasteiger partial charge in [-0.05, 0) is 25.1 Å². The minimum Gasteiger partial charge on any atom is -0.326 e. The number of quaternary nitrogens is 2. The molecule has 0 radical (unpaired) electrons. The van der Waals surface area contributed by atoms with Crippen molar-refractivity contribution in [2.24, 2.45) is 0 Å². The Hall–Kier alpha value is -1.43. The molecule has 2 aliphatic rings. The van der Waals surface area contributed by atoms with Gasteiger partial charge in [0.05, 0.1) is 18.7 Å². The lowest BCUT2D eigenvalue weighted by molar-refractivity contribution is -1.02. The van der Waals surface area contributed by atoms with Crippen molar-refractivity contribution in [3.05, 3.63) is 29.3 Å². The van der Waals surface area contributed by atoms with E-state index in [1.807, 2.05) is 0 Å². The zero-order valence-electron chi connectivity index (χ0n) is 12.8. The maximum atomic E-state index is 12.7. The number of nitrogens with zero attached hydrogens (tertiary/aromatic N) is 1. The number of halogens is 1. The molecule has 22 heavy (non-hydrogen) atoms. The van der Waals surface area contributed by atoms with Crippen LogP contribution in [0.2, 0.25) is 5.02 Å². The summed E-state index contributed by atoms with van der Waals surface area (Å²) < 4.78 is 0. The highest BCUT2D eigenvalue weighted by atomic mass is 35.5. The number of carbonyl (C=O) groups excluding carboxylic acids is 2. The van der Waals surface area contributed by atoms with E-state index in [0.29, 0.717) is 17.1 Å². The zero-order chi connectivity index (χ0) is 15.7. The quantitative estimate of drug-likeness (QED) is 0.685. The molecule has 2 fully saturated rings. The van der Waals surface area contributed by atoms with Gasteiger partial charge in [-0.3, -0.25) is 9.59 Å². The molecule has 118 valence electrons. The normalized spacial score (nSPS) is 29.2. The van der Waals surface area contributed by atoms with Crippen LogP contribution in [-0.4, -0.2) is 50.6 Å². The van der Waals surface area contributed by atoms with Crippen LogP contribution in [0, 0.1) is 0 Å². The number of imide groups is 1. The molecule has 2 heterocycles. The van der Waals surface area contributed by atoms with Gasteiger partial charge in [0, 0.05) is 5.02 Å². The van der Waals surface area contributed by atoms with Gasteiger partial charge in [0.25, 0.3) is 5.91 Å². The Balaban J connectivity index is 1.75. The number of benzene rings is 1. The smallest absolute Gasteiger partial charge is 0.292 e. The van der Waals surface area contributed by atoms with E-state index in [0.717, 1.165) is 32.7 Å². The van der Waals surface area contributed by atoms with E-state index in [-0.39, 0.29) is 17.9 Å². The van der Waals surface area contributed by atoms with Crippen molar-refractivity contribution in [1.29, 1.82) is 0 Å². The van der Waals surface area contributed by atoms with Gasteiger partial charge >= 0.3 is 0 Å². The maximum absolute atomic E-state index is 12.7. The van der Waals surface area contributed by atoms with Crippen LogP contribution in [0.25, 0.3) is 0 Å². The second-order valence-electron chi connectivity index (χ2n) is 6.07.